The van der Waals surface area contributed by atoms with Crippen LogP contribution in [-0.2, 0) is 17.8 Å². The second kappa shape index (κ2) is 8.73. The van der Waals surface area contributed by atoms with Gasteiger partial charge in [-0.05, 0) is 35.7 Å². The van der Waals surface area contributed by atoms with Gasteiger partial charge in [0.2, 0.25) is 5.91 Å². The number of anilines is 1. The van der Waals surface area contributed by atoms with E-state index in [2.05, 4.69) is 24.1 Å². The molecule has 2 N–H and O–H groups in total. The maximum atomic E-state index is 13.2. The van der Waals surface area contributed by atoms with E-state index in [1.807, 2.05) is 29.2 Å². The highest BCUT2D eigenvalue weighted by Crippen LogP contribution is 2.30. The van der Waals surface area contributed by atoms with Gasteiger partial charge >= 0.3 is 0 Å². The summed E-state index contributed by atoms with van der Waals surface area (Å²) in [6, 6.07) is 11.3. The van der Waals surface area contributed by atoms with Crippen LogP contribution in [0.15, 0.2) is 41.2 Å². The van der Waals surface area contributed by atoms with Gasteiger partial charge in [-0.2, -0.15) is 0 Å². The number of halogens is 1. The number of ether oxygens (including phenoxy) is 1. The number of aromatic amines is 1. The number of hydrogen-bond acceptors (Lipinski definition) is 4. The molecule has 3 aromatic rings. The molecule has 0 bridgehead atoms. The van der Waals surface area contributed by atoms with Crippen molar-refractivity contribution in [2.75, 3.05) is 25.5 Å². The van der Waals surface area contributed by atoms with E-state index in [0.29, 0.717) is 52.7 Å². The highest BCUT2D eigenvalue weighted by molar-refractivity contribution is 6.35. The molecule has 0 fully saturated rings. The summed E-state index contributed by atoms with van der Waals surface area (Å²) in [5, 5.41) is 3.76. The van der Waals surface area contributed by atoms with Gasteiger partial charge in [-0.3, -0.25) is 14.5 Å². The van der Waals surface area contributed by atoms with Crippen LogP contribution < -0.4 is 15.5 Å². The molecular formula is C24H26ClN3O3. The molecule has 2 heterocycles. The molecule has 162 valence electrons. The first-order valence-corrected chi connectivity index (χ1v) is 10.8. The van der Waals surface area contributed by atoms with Gasteiger partial charge < -0.3 is 15.0 Å². The Bertz CT molecular complexity index is 1190. The predicted molar refractivity (Wildman–Crippen MR) is 124 cm³/mol. The standard InChI is InChI=1S/C24H26ClN3O3/c1-14(2)15-4-6-16(7-5-15)26-21(29)13-28-11-10-19-17(12-28)24(30)22-18(25)8-9-20(31-3)23(22)27-19/h4-9,14H,10-13H2,1-3H3,(H,26,29)(H,27,30). The Morgan fingerprint density at radius 2 is 1.97 bits per heavy atom. The first-order chi connectivity index (χ1) is 14.9. The fraction of sp³-hybridized carbons (Fsp3) is 0.333. The van der Waals surface area contributed by atoms with Crippen molar-refractivity contribution in [2.24, 2.45) is 0 Å². The minimum absolute atomic E-state index is 0.0994. The van der Waals surface area contributed by atoms with Gasteiger partial charge in [-0.25, -0.2) is 0 Å². The number of nitrogens with zero attached hydrogens (tertiary/aromatic N) is 1. The predicted octanol–water partition coefficient (Wildman–Crippen LogP) is 4.31. The third kappa shape index (κ3) is 4.31. The van der Waals surface area contributed by atoms with Gasteiger partial charge in [0.15, 0.2) is 5.43 Å². The molecule has 4 rings (SSSR count). The Kier molecular flexibility index (Phi) is 6.03. The van der Waals surface area contributed by atoms with Crippen LogP contribution in [0.4, 0.5) is 5.69 Å². The first kappa shape index (κ1) is 21.4. The lowest BCUT2D eigenvalue weighted by atomic mass is 10.0. The topological polar surface area (TPSA) is 74.4 Å². The summed E-state index contributed by atoms with van der Waals surface area (Å²) in [7, 11) is 1.57. The lowest BCUT2D eigenvalue weighted by Crippen LogP contribution is -2.39. The summed E-state index contributed by atoms with van der Waals surface area (Å²) >= 11 is 6.32. The van der Waals surface area contributed by atoms with Crippen molar-refractivity contribution in [1.29, 1.82) is 0 Å². The summed E-state index contributed by atoms with van der Waals surface area (Å²) in [5.74, 6) is 0.933. The molecule has 0 aliphatic carbocycles. The summed E-state index contributed by atoms with van der Waals surface area (Å²) in [6.07, 6.45) is 0.645. The van der Waals surface area contributed by atoms with Crippen molar-refractivity contribution in [3.8, 4) is 5.75 Å². The Morgan fingerprint density at radius 3 is 2.65 bits per heavy atom. The van der Waals surface area contributed by atoms with Crippen molar-refractivity contribution in [3.05, 3.63) is 68.5 Å². The van der Waals surface area contributed by atoms with E-state index in [4.69, 9.17) is 16.3 Å². The zero-order chi connectivity index (χ0) is 22.1. The second-order valence-electron chi connectivity index (χ2n) is 8.20. The number of nitrogens with one attached hydrogen (secondary N) is 2. The van der Waals surface area contributed by atoms with E-state index in [0.717, 1.165) is 11.4 Å². The second-order valence-corrected chi connectivity index (χ2v) is 8.60. The van der Waals surface area contributed by atoms with Crippen LogP contribution in [0.3, 0.4) is 0 Å². The summed E-state index contributed by atoms with van der Waals surface area (Å²) in [4.78, 5) is 31.1. The normalized spacial score (nSPS) is 14.0. The maximum Gasteiger partial charge on any atom is 0.238 e. The average Bonchev–Trinajstić information content (AvgIpc) is 2.75. The molecule has 0 spiro atoms. The number of methoxy groups -OCH3 is 1. The monoisotopic (exact) mass is 439 g/mol. The number of carbonyl (C=O) groups excluding carboxylic acids is 1. The molecule has 0 saturated heterocycles. The zero-order valence-electron chi connectivity index (χ0n) is 17.9. The molecule has 1 aromatic heterocycles. The van der Waals surface area contributed by atoms with E-state index < -0.39 is 0 Å². The number of aromatic nitrogens is 1. The van der Waals surface area contributed by atoms with Gasteiger partial charge in [0.25, 0.3) is 0 Å². The number of amides is 1. The highest BCUT2D eigenvalue weighted by Gasteiger charge is 2.24. The van der Waals surface area contributed by atoms with Crippen LogP contribution in [-0.4, -0.2) is 36.0 Å². The Balaban J connectivity index is 1.51. The van der Waals surface area contributed by atoms with Gasteiger partial charge in [0.05, 0.1) is 29.6 Å². The van der Waals surface area contributed by atoms with E-state index in [1.165, 1.54) is 5.56 Å². The summed E-state index contributed by atoms with van der Waals surface area (Å²) in [5.41, 5.74) is 4.04. The Hall–Kier alpha value is -2.83. The lowest BCUT2D eigenvalue weighted by molar-refractivity contribution is -0.117. The largest absolute Gasteiger partial charge is 0.495 e. The van der Waals surface area contributed by atoms with Gasteiger partial charge in [0, 0.05) is 36.5 Å². The SMILES string of the molecule is COc1ccc(Cl)c2c(=O)c3c([nH]c12)CCN(CC(=O)Nc1ccc(C(C)C)cc1)C3. The highest BCUT2D eigenvalue weighted by atomic mass is 35.5. The number of fused-ring (bicyclic) bond motifs is 2. The van der Waals surface area contributed by atoms with Crippen LogP contribution in [0.2, 0.25) is 5.02 Å². The number of pyridine rings is 1. The third-order valence-electron chi connectivity index (χ3n) is 5.77. The van der Waals surface area contributed by atoms with Crippen LogP contribution in [0.25, 0.3) is 10.9 Å². The van der Waals surface area contributed by atoms with Crippen molar-refractivity contribution in [2.45, 2.75) is 32.7 Å². The van der Waals surface area contributed by atoms with Crippen molar-refractivity contribution >= 4 is 34.1 Å². The molecular weight excluding hydrogens is 414 g/mol. The summed E-state index contributed by atoms with van der Waals surface area (Å²) < 4.78 is 5.39. The van der Waals surface area contributed by atoms with E-state index in [-0.39, 0.29) is 17.9 Å². The quantitative estimate of drug-likeness (QED) is 0.621. The van der Waals surface area contributed by atoms with Crippen LogP contribution in [0.5, 0.6) is 5.75 Å². The average molecular weight is 440 g/mol. The lowest BCUT2D eigenvalue weighted by Gasteiger charge is -2.28. The molecule has 6 nitrogen and oxygen atoms in total. The molecule has 0 atom stereocenters. The maximum absolute atomic E-state index is 13.2. The fourth-order valence-electron chi connectivity index (χ4n) is 4.03. The van der Waals surface area contributed by atoms with Crippen LogP contribution in [0, 0.1) is 0 Å². The van der Waals surface area contributed by atoms with Crippen LogP contribution >= 0.6 is 11.6 Å². The molecule has 31 heavy (non-hydrogen) atoms. The molecule has 0 unspecified atom stereocenters. The minimum atomic E-state index is -0.109. The zero-order valence-corrected chi connectivity index (χ0v) is 18.7. The fourth-order valence-corrected chi connectivity index (χ4v) is 4.28. The van der Waals surface area contributed by atoms with E-state index in [1.54, 1.807) is 19.2 Å². The molecule has 2 aromatic carbocycles. The Morgan fingerprint density at radius 1 is 1.23 bits per heavy atom. The summed E-state index contributed by atoms with van der Waals surface area (Å²) in [6.45, 7) is 5.56. The number of hydrogen-bond donors (Lipinski definition) is 2. The van der Waals surface area contributed by atoms with Crippen LogP contribution in [0.1, 0.15) is 36.6 Å². The Labute approximate surface area is 186 Å². The van der Waals surface area contributed by atoms with E-state index >= 15 is 0 Å². The van der Waals surface area contributed by atoms with Gasteiger partial charge in [0.1, 0.15) is 5.75 Å². The number of rotatable bonds is 5. The smallest absolute Gasteiger partial charge is 0.238 e. The van der Waals surface area contributed by atoms with Gasteiger partial charge in [-0.15, -0.1) is 0 Å². The molecule has 1 aliphatic rings. The number of benzene rings is 2. The number of carbonyl (C=O) groups is 1. The first-order valence-electron chi connectivity index (χ1n) is 10.4. The molecule has 1 amide bonds. The molecule has 0 radical (unpaired) electrons. The van der Waals surface area contributed by atoms with Gasteiger partial charge in [-0.1, -0.05) is 37.6 Å². The molecule has 7 heteroatoms. The molecule has 0 saturated carbocycles. The van der Waals surface area contributed by atoms with E-state index in [9.17, 15) is 9.59 Å². The molecule has 1 aliphatic heterocycles. The minimum Gasteiger partial charge on any atom is -0.495 e. The van der Waals surface area contributed by atoms with Crippen molar-refractivity contribution < 1.29 is 9.53 Å². The number of H-pyrrole nitrogens is 1. The third-order valence-corrected chi connectivity index (χ3v) is 6.08. The van der Waals surface area contributed by atoms with Crippen molar-refractivity contribution in [1.82, 2.24) is 9.88 Å². The van der Waals surface area contributed by atoms with Crippen molar-refractivity contribution in [3.63, 3.8) is 0 Å².